The van der Waals surface area contributed by atoms with Crippen LogP contribution in [0.1, 0.15) is 91.3 Å². The van der Waals surface area contributed by atoms with E-state index in [4.69, 9.17) is 5.73 Å². The number of benzene rings is 3. The molecule has 3 aromatic rings. The number of hydrogen-bond donors (Lipinski definition) is 1. The Bertz CT molecular complexity index is 977. The second-order valence-corrected chi connectivity index (χ2v) is 8.31. The third kappa shape index (κ3) is 7.35. The van der Waals surface area contributed by atoms with Gasteiger partial charge in [-0.05, 0) is 77.4 Å². The van der Waals surface area contributed by atoms with Crippen LogP contribution in [0.2, 0.25) is 0 Å². The minimum atomic E-state index is -0.272. The number of rotatable bonds is 6. The van der Waals surface area contributed by atoms with Crippen molar-refractivity contribution in [3.63, 3.8) is 0 Å². The van der Waals surface area contributed by atoms with Gasteiger partial charge in [-0.15, -0.1) is 0 Å². The van der Waals surface area contributed by atoms with Gasteiger partial charge in [0.1, 0.15) is 0 Å². The first-order chi connectivity index (χ1) is 15.4. The second-order valence-electron chi connectivity index (χ2n) is 8.31. The zero-order valence-corrected chi connectivity index (χ0v) is 21.8. The molecule has 0 radical (unpaired) electrons. The van der Waals surface area contributed by atoms with Crippen LogP contribution in [0.5, 0.6) is 0 Å². The van der Waals surface area contributed by atoms with Crippen molar-refractivity contribution in [2.24, 2.45) is 5.73 Å². The molecule has 0 aromatic heterocycles. The lowest BCUT2D eigenvalue weighted by molar-refractivity contribution is 0.477. The predicted molar refractivity (Wildman–Crippen MR) is 147 cm³/mol. The van der Waals surface area contributed by atoms with Gasteiger partial charge in [-0.1, -0.05) is 109 Å². The quantitative estimate of drug-likeness (QED) is 0.413. The SMILES string of the molecule is C/C=C\c1ccc(-c2ccc3cc(C(C)(N)CC)ccc3c2)cc1CC.CC.CCCC. The Morgan fingerprint density at radius 3 is 1.91 bits per heavy atom. The molecule has 2 N–H and O–H groups in total. The third-order valence-corrected chi connectivity index (χ3v) is 5.94. The summed E-state index contributed by atoms with van der Waals surface area (Å²) in [6, 6.07) is 20.1. The highest BCUT2D eigenvalue weighted by molar-refractivity contribution is 5.88. The maximum Gasteiger partial charge on any atom is 0.0378 e. The van der Waals surface area contributed by atoms with Crippen molar-refractivity contribution < 1.29 is 0 Å². The van der Waals surface area contributed by atoms with E-state index in [9.17, 15) is 0 Å². The molecular formula is C31H45N. The van der Waals surface area contributed by atoms with Gasteiger partial charge in [0.2, 0.25) is 0 Å². The van der Waals surface area contributed by atoms with Crippen LogP contribution < -0.4 is 5.73 Å². The van der Waals surface area contributed by atoms with Crippen LogP contribution in [0.15, 0.2) is 60.7 Å². The fourth-order valence-corrected chi connectivity index (χ4v) is 3.42. The number of unbranched alkanes of at least 4 members (excludes halogenated alkanes) is 1. The van der Waals surface area contributed by atoms with Crippen molar-refractivity contribution in [1.82, 2.24) is 0 Å². The molecule has 0 saturated heterocycles. The van der Waals surface area contributed by atoms with Crippen LogP contribution in [0, 0.1) is 0 Å². The van der Waals surface area contributed by atoms with E-state index in [1.54, 1.807) is 0 Å². The van der Waals surface area contributed by atoms with Gasteiger partial charge in [0.05, 0.1) is 0 Å². The number of aryl methyl sites for hydroxylation is 1. The van der Waals surface area contributed by atoms with E-state index in [0.29, 0.717) is 0 Å². The van der Waals surface area contributed by atoms with Crippen molar-refractivity contribution in [3.05, 3.63) is 77.4 Å². The van der Waals surface area contributed by atoms with E-state index >= 15 is 0 Å². The largest absolute Gasteiger partial charge is 0.322 e. The summed E-state index contributed by atoms with van der Waals surface area (Å²) in [5.74, 6) is 0. The Hall–Kier alpha value is -2.38. The average Bonchev–Trinajstić information content (AvgIpc) is 2.85. The summed E-state index contributed by atoms with van der Waals surface area (Å²) in [5, 5.41) is 2.51. The number of allylic oxidation sites excluding steroid dienone is 1. The van der Waals surface area contributed by atoms with Gasteiger partial charge in [-0.2, -0.15) is 0 Å². The average molecular weight is 432 g/mol. The summed E-state index contributed by atoms with van der Waals surface area (Å²) >= 11 is 0. The van der Waals surface area contributed by atoms with Gasteiger partial charge in [0, 0.05) is 5.54 Å². The first kappa shape index (κ1) is 27.7. The number of hydrogen-bond acceptors (Lipinski definition) is 1. The topological polar surface area (TPSA) is 26.0 Å². The molecule has 3 aromatic carbocycles. The molecule has 0 fully saturated rings. The van der Waals surface area contributed by atoms with E-state index in [0.717, 1.165) is 12.8 Å². The Morgan fingerprint density at radius 2 is 1.34 bits per heavy atom. The van der Waals surface area contributed by atoms with Crippen LogP contribution >= 0.6 is 0 Å². The highest BCUT2D eigenvalue weighted by atomic mass is 14.7. The summed E-state index contributed by atoms with van der Waals surface area (Å²) in [5.41, 5.74) is 12.6. The Labute approximate surface area is 197 Å². The lowest BCUT2D eigenvalue weighted by Crippen LogP contribution is -2.31. The molecule has 174 valence electrons. The molecule has 0 aliphatic heterocycles. The molecule has 0 heterocycles. The predicted octanol–water partition coefficient (Wildman–Crippen LogP) is 9.52. The molecule has 3 rings (SSSR count). The normalized spacial score (nSPS) is 12.5. The molecular weight excluding hydrogens is 386 g/mol. The van der Waals surface area contributed by atoms with Gasteiger partial charge in [-0.25, -0.2) is 0 Å². The Kier molecular flexibility index (Phi) is 12.0. The fourth-order valence-electron chi connectivity index (χ4n) is 3.42. The van der Waals surface area contributed by atoms with Crippen molar-refractivity contribution in [1.29, 1.82) is 0 Å². The molecule has 0 spiro atoms. The zero-order chi connectivity index (χ0) is 24.1. The lowest BCUT2D eigenvalue weighted by atomic mass is 9.88. The standard InChI is InChI=1S/C25H29N.C4H10.C2H6/c1-5-8-19-9-10-20(15-18(19)6-2)21-11-12-23-17-24(25(4,26)7-3)14-13-22(23)16-21;1-3-4-2;1-2/h5,8-17H,6-7,26H2,1-4H3;3-4H2,1-2H3;1-2H3/b8-5-;;. The summed E-state index contributed by atoms with van der Waals surface area (Å²) in [7, 11) is 0. The van der Waals surface area contributed by atoms with Crippen LogP contribution in [0.4, 0.5) is 0 Å². The number of fused-ring (bicyclic) bond motifs is 1. The van der Waals surface area contributed by atoms with Crippen molar-refractivity contribution in [2.75, 3.05) is 0 Å². The van der Waals surface area contributed by atoms with Crippen molar-refractivity contribution in [2.45, 2.75) is 86.6 Å². The molecule has 0 bridgehead atoms. The second kappa shape index (κ2) is 13.9. The van der Waals surface area contributed by atoms with Crippen LogP contribution in [0.25, 0.3) is 28.0 Å². The van der Waals surface area contributed by atoms with Crippen molar-refractivity contribution >= 4 is 16.8 Å². The van der Waals surface area contributed by atoms with Crippen molar-refractivity contribution in [3.8, 4) is 11.1 Å². The first-order valence-electron chi connectivity index (χ1n) is 12.5. The monoisotopic (exact) mass is 431 g/mol. The third-order valence-electron chi connectivity index (χ3n) is 5.94. The molecule has 1 atom stereocenters. The lowest BCUT2D eigenvalue weighted by Gasteiger charge is -2.23. The summed E-state index contributed by atoms with van der Waals surface area (Å²) < 4.78 is 0. The van der Waals surface area contributed by atoms with Gasteiger partial charge in [-0.3, -0.25) is 0 Å². The molecule has 1 unspecified atom stereocenters. The van der Waals surface area contributed by atoms with E-state index in [2.05, 4.69) is 108 Å². The van der Waals surface area contributed by atoms with Gasteiger partial charge in [0.15, 0.2) is 0 Å². The van der Waals surface area contributed by atoms with Crippen LogP contribution in [-0.4, -0.2) is 0 Å². The zero-order valence-electron chi connectivity index (χ0n) is 21.8. The molecule has 32 heavy (non-hydrogen) atoms. The highest BCUT2D eigenvalue weighted by Crippen LogP contribution is 2.30. The smallest absolute Gasteiger partial charge is 0.0378 e. The molecule has 1 heteroatoms. The fraction of sp³-hybridized carbons (Fsp3) is 0.419. The molecule has 1 nitrogen and oxygen atoms in total. The first-order valence-corrected chi connectivity index (χ1v) is 12.5. The Morgan fingerprint density at radius 1 is 0.781 bits per heavy atom. The van der Waals surface area contributed by atoms with E-state index < -0.39 is 0 Å². The van der Waals surface area contributed by atoms with E-state index in [1.807, 2.05) is 13.8 Å². The molecule has 0 aliphatic rings. The van der Waals surface area contributed by atoms with Crippen LogP contribution in [-0.2, 0) is 12.0 Å². The maximum absolute atomic E-state index is 6.41. The molecule has 0 saturated carbocycles. The van der Waals surface area contributed by atoms with E-state index in [1.165, 1.54) is 51.4 Å². The Balaban J connectivity index is 0.000000769. The molecule has 0 amide bonds. The van der Waals surface area contributed by atoms with Crippen LogP contribution in [0.3, 0.4) is 0 Å². The summed E-state index contributed by atoms with van der Waals surface area (Å²) in [6.45, 7) is 16.9. The minimum absolute atomic E-state index is 0.272. The van der Waals surface area contributed by atoms with Gasteiger partial charge in [0.25, 0.3) is 0 Å². The minimum Gasteiger partial charge on any atom is -0.322 e. The maximum atomic E-state index is 6.41. The van der Waals surface area contributed by atoms with Gasteiger partial charge < -0.3 is 5.73 Å². The highest BCUT2D eigenvalue weighted by Gasteiger charge is 2.18. The summed E-state index contributed by atoms with van der Waals surface area (Å²) in [6.07, 6.45) is 8.89. The van der Waals surface area contributed by atoms with E-state index in [-0.39, 0.29) is 5.54 Å². The molecule has 0 aliphatic carbocycles. The summed E-state index contributed by atoms with van der Waals surface area (Å²) in [4.78, 5) is 0. The number of nitrogens with two attached hydrogens (primary N) is 1. The van der Waals surface area contributed by atoms with Gasteiger partial charge >= 0.3 is 0 Å².